The first-order valence-corrected chi connectivity index (χ1v) is 5.74. The van der Waals surface area contributed by atoms with E-state index in [1.807, 2.05) is 0 Å². The summed E-state index contributed by atoms with van der Waals surface area (Å²) in [6.45, 7) is 5.92. The molecule has 0 radical (unpaired) electrons. The van der Waals surface area contributed by atoms with Gasteiger partial charge in [0.2, 0.25) is 0 Å². The van der Waals surface area contributed by atoms with Crippen molar-refractivity contribution in [3.8, 4) is 0 Å². The van der Waals surface area contributed by atoms with Crippen LogP contribution in [0, 0.1) is 5.92 Å². The summed E-state index contributed by atoms with van der Waals surface area (Å²) in [6, 6.07) is 0.228. The van der Waals surface area contributed by atoms with Crippen LogP contribution in [-0.2, 0) is 4.79 Å². The molecule has 0 aromatic carbocycles. The molecule has 1 saturated heterocycles. The largest absolute Gasteiger partial charge is 0.314 e. The molecule has 0 aromatic heterocycles. The Morgan fingerprint density at radius 1 is 1.36 bits per heavy atom. The van der Waals surface area contributed by atoms with E-state index in [0.717, 1.165) is 26.2 Å². The van der Waals surface area contributed by atoms with E-state index >= 15 is 0 Å². The van der Waals surface area contributed by atoms with E-state index in [0.29, 0.717) is 11.7 Å². The van der Waals surface area contributed by atoms with Gasteiger partial charge in [-0.2, -0.15) is 0 Å². The van der Waals surface area contributed by atoms with Crippen LogP contribution in [0.1, 0.15) is 26.2 Å². The van der Waals surface area contributed by atoms with Crippen LogP contribution in [0.5, 0.6) is 0 Å². The lowest BCUT2D eigenvalue weighted by Gasteiger charge is -2.41. The molecule has 14 heavy (non-hydrogen) atoms. The average molecular weight is 196 g/mol. The molecule has 0 aromatic rings. The maximum Gasteiger partial charge on any atom is 0.147 e. The summed E-state index contributed by atoms with van der Waals surface area (Å²) < 4.78 is 0. The average Bonchev–Trinajstić information content (AvgIpc) is 2.12. The van der Waals surface area contributed by atoms with Crippen molar-refractivity contribution in [2.45, 2.75) is 32.2 Å². The van der Waals surface area contributed by atoms with Crippen LogP contribution in [0.15, 0.2) is 0 Å². The molecular formula is C11H20N2O. The van der Waals surface area contributed by atoms with Gasteiger partial charge in [-0.1, -0.05) is 6.42 Å². The highest BCUT2D eigenvalue weighted by Crippen LogP contribution is 2.32. The van der Waals surface area contributed by atoms with E-state index in [2.05, 4.69) is 10.2 Å². The lowest BCUT2D eigenvalue weighted by atomic mass is 9.77. The molecule has 3 nitrogen and oxygen atoms in total. The van der Waals surface area contributed by atoms with Crippen molar-refractivity contribution in [1.29, 1.82) is 0 Å². The second-order valence-electron chi connectivity index (χ2n) is 4.53. The van der Waals surface area contributed by atoms with E-state index in [-0.39, 0.29) is 6.04 Å². The molecule has 2 fully saturated rings. The standard InChI is InChI=1S/C11H20N2O/c1-9(14)11(10-3-2-4-10)13-7-5-12-6-8-13/h10-12H,2-8H2,1H3. The van der Waals surface area contributed by atoms with Gasteiger partial charge in [-0.15, -0.1) is 0 Å². The summed E-state index contributed by atoms with van der Waals surface area (Å²) in [6.07, 6.45) is 3.84. The minimum Gasteiger partial charge on any atom is -0.314 e. The Morgan fingerprint density at radius 3 is 2.43 bits per heavy atom. The topological polar surface area (TPSA) is 32.3 Å². The summed E-state index contributed by atoms with van der Waals surface area (Å²) in [5.41, 5.74) is 0. The number of Topliss-reactive ketones (excluding diaryl/α,β-unsaturated/α-hetero) is 1. The van der Waals surface area contributed by atoms with Gasteiger partial charge in [-0.05, 0) is 25.7 Å². The van der Waals surface area contributed by atoms with Gasteiger partial charge in [0, 0.05) is 26.2 Å². The Balaban J connectivity index is 1.97. The molecule has 1 atom stereocenters. The molecule has 0 bridgehead atoms. The first-order chi connectivity index (χ1) is 6.79. The molecule has 0 spiro atoms. The second kappa shape index (κ2) is 4.41. The highest BCUT2D eigenvalue weighted by Gasteiger charge is 2.35. The maximum atomic E-state index is 11.6. The maximum absolute atomic E-state index is 11.6. The Morgan fingerprint density at radius 2 is 2.00 bits per heavy atom. The number of carbonyl (C=O) groups is 1. The molecule has 2 aliphatic rings. The number of rotatable bonds is 3. The normalized spacial score (nSPS) is 26.9. The van der Waals surface area contributed by atoms with Gasteiger partial charge in [0.25, 0.3) is 0 Å². The Bertz CT molecular complexity index is 207. The summed E-state index contributed by atoms with van der Waals surface area (Å²) in [5.74, 6) is 1.03. The number of piperazine rings is 1. The third kappa shape index (κ3) is 1.98. The molecule has 1 saturated carbocycles. The SMILES string of the molecule is CC(=O)C(C1CCC1)N1CCNCC1. The Hall–Kier alpha value is -0.410. The Labute approximate surface area is 85.8 Å². The van der Waals surface area contributed by atoms with Crippen molar-refractivity contribution >= 4 is 5.78 Å². The highest BCUT2D eigenvalue weighted by molar-refractivity contribution is 5.81. The number of carbonyl (C=O) groups excluding carboxylic acids is 1. The van der Waals surface area contributed by atoms with Crippen LogP contribution in [0.3, 0.4) is 0 Å². The van der Waals surface area contributed by atoms with Crippen molar-refractivity contribution in [3.05, 3.63) is 0 Å². The minimum atomic E-state index is 0.228. The van der Waals surface area contributed by atoms with Crippen molar-refractivity contribution < 1.29 is 4.79 Å². The van der Waals surface area contributed by atoms with Gasteiger partial charge in [0.15, 0.2) is 0 Å². The molecule has 1 heterocycles. The van der Waals surface area contributed by atoms with Gasteiger partial charge < -0.3 is 5.32 Å². The van der Waals surface area contributed by atoms with Crippen molar-refractivity contribution in [2.24, 2.45) is 5.92 Å². The number of hydrogen-bond donors (Lipinski definition) is 1. The number of nitrogens with one attached hydrogen (secondary N) is 1. The summed E-state index contributed by atoms with van der Waals surface area (Å²) in [5, 5.41) is 3.33. The molecule has 0 amide bonds. The molecule has 1 aliphatic carbocycles. The molecule has 80 valence electrons. The van der Waals surface area contributed by atoms with Gasteiger partial charge in [-0.3, -0.25) is 9.69 Å². The smallest absolute Gasteiger partial charge is 0.147 e. The monoisotopic (exact) mass is 196 g/mol. The van der Waals surface area contributed by atoms with Crippen molar-refractivity contribution in [1.82, 2.24) is 10.2 Å². The third-order valence-corrected chi connectivity index (χ3v) is 3.56. The van der Waals surface area contributed by atoms with Gasteiger partial charge in [-0.25, -0.2) is 0 Å². The Kier molecular flexibility index (Phi) is 3.19. The molecule has 1 N–H and O–H groups in total. The van der Waals surface area contributed by atoms with Crippen LogP contribution < -0.4 is 5.32 Å². The van der Waals surface area contributed by atoms with Gasteiger partial charge in [0.05, 0.1) is 6.04 Å². The number of nitrogens with zero attached hydrogens (tertiary/aromatic N) is 1. The van der Waals surface area contributed by atoms with Gasteiger partial charge in [0.1, 0.15) is 5.78 Å². The van der Waals surface area contributed by atoms with Crippen LogP contribution in [-0.4, -0.2) is 42.9 Å². The lowest BCUT2D eigenvalue weighted by molar-refractivity contribution is -0.125. The fourth-order valence-corrected chi connectivity index (χ4v) is 2.60. The van der Waals surface area contributed by atoms with Crippen LogP contribution in [0.25, 0.3) is 0 Å². The predicted octanol–water partition coefficient (Wildman–Crippen LogP) is 0.649. The van der Waals surface area contributed by atoms with E-state index < -0.39 is 0 Å². The van der Waals surface area contributed by atoms with E-state index in [4.69, 9.17) is 0 Å². The fraction of sp³-hybridized carbons (Fsp3) is 0.909. The van der Waals surface area contributed by atoms with Gasteiger partial charge >= 0.3 is 0 Å². The van der Waals surface area contributed by atoms with E-state index in [1.54, 1.807) is 6.92 Å². The zero-order valence-corrected chi connectivity index (χ0v) is 8.96. The fourth-order valence-electron chi connectivity index (χ4n) is 2.60. The predicted molar refractivity (Wildman–Crippen MR) is 56.3 cm³/mol. The second-order valence-corrected chi connectivity index (χ2v) is 4.53. The molecule has 2 rings (SSSR count). The molecule has 1 aliphatic heterocycles. The zero-order chi connectivity index (χ0) is 9.97. The summed E-state index contributed by atoms with van der Waals surface area (Å²) >= 11 is 0. The molecular weight excluding hydrogens is 176 g/mol. The minimum absolute atomic E-state index is 0.228. The number of hydrogen-bond acceptors (Lipinski definition) is 3. The summed E-state index contributed by atoms with van der Waals surface area (Å²) in [4.78, 5) is 14.0. The van der Waals surface area contributed by atoms with Crippen LogP contribution in [0.2, 0.25) is 0 Å². The highest BCUT2D eigenvalue weighted by atomic mass is 16.1. The third-order valence-electron chi connectivity index (χ3n) is 3.56. The first-order valence-electron chi connectivity index (χ1n) is 5.74. The zero-order valence-electron chi connectivity index (χ0n) is 8.96. The van der Waals surface area contributed by atoms with Crippen LogP contribution in [0.4, 0.5) is 0 Å². The quantitative estimate of drug-likeness (QED) is 0.719. The number of ketones is 1. The lowest BCUT2D eigenvalue weighted by Crippen LogP contribution is -2.54. The molecule has 3 heteroatoms. The first kappa shape index (κ1) is 10.1. The van der Waals surface area contributed by atoms with Crippen molar-refractivity contribution in [2.75, 3.05) is 26.2 Å². The van der Waals surface area contributed by atoms with E-state index in [1.165, 1.54) is 19.3 Å². The van der Waals surface area contributed by atoms with Crippen molar-refractivity contribution in [3.63, 3.8) is 0 Å². The van der Waals surface area contributed by atoms with Crippen LogP contribution >= 0.6 is 0 Å². The summed E-state index contributed by atoms with van der Waals surface area (Å²) in [7, 11) is 0. The van der Waals surface area contributed by atoms with E-state index in [9.17, 15) is 4.79 Å². The molecule has 1 unspecified atom stereocenters.